The van der Waals surface area contributed by atoms with Crippen molar-refractivity contribution in [2.45, 2.75) is 13.2 Å². The van der Waals surface area contributed by atoms with Gasteiger partial charge in [-0.05, 0) is 23.8 Å². The van der Waals surface area contributed by atoms with Gasteiger partial charge in [-0.3, -0.25) is 10.1 Å². The van der Waals surface area contributed by atoms with Crippen molar-refractivity contribution < 1.29 is 14.1 Å². The number of nitro benzene ring substituents is 1. The van der Waals surface area contributed by atoms with Gasteiger partial charge in [0.25, 0.3) is 0 Å². The van der Waals surface area contributed by atoms with Crippen LogP contribution >= 0.6 is 11.6 Å². The number of nitrogens with two attached hydrogens (primary N) is 1. The van der Waals surface area contributed by atoms with Gasteiger partial charge in [-0.15, -0.1) is 0 Å². The summed E-state index contributed by atoms with van der Waals surface area (Å²) in [6.07, 6.45) is 0. The van der Waals surface area contributed by atoms with Gasteiger partial charge in [0.1, 0.15) is 12.4 Å². The lowest BCUT2D eigenvalue weighted by Gasteiger charge is -2.09. The SMILES string of the molecule is NCc1ccc(OCc2ccc(F)cc2Cl)c([N+](=O)[O-])c1. The summed E-state index contributed by atoms with van der Waals surface area (Å²) in [4.78, 5) is 10.5. The molecule has 0 amide bonds. The van der Waals surface area contributed by atoms with Crippen LogP contribution in [0.25, 0.3) is 0 Å². The van der Waals surface area contributed by atoms with Crippen molar-refractivity contribution in [2.24, 2.45) is 5.73 Å². The van der Waals surface area contributed by atoms with E-state index in [1.165, 1.54) is 24.3 Å². The predicted molar refractivity (Wildman–Crippen MR) is 76.7 cm³/mol. The summed E-state index contributed by atoms with van der Waals surface area (Å²) in [7, 11) is 0. The maximum Gasteiger partial charge on any atom is 0.311 e. The van der Waals surface area contributed by atoms with E-state index in [9.17, 15) is 14.5 Å². The van der Waals surface area contributed by atoms with Crippen LogP contribution < -0.4 is 10.5 Å². The molecule has 0 saturated heterocycles. The van der Waals surface area contributed by atoms with Crippen LogP contribution in [-0.4, -0.2) is 4.92 Å². The zero-order valence-electron chi connectivity index (χ0n) is 10.9. The van der Waals surface area contributed by atoms with Gasteiger partial charge in [-0.25, -0.2) is 4.39 Å². The number of nitro groups is 1. The number of nitrogens with zero attached hydrogens (tertiary/aromatic N) is 1. The number of hydrogen-bond donors (Lipinski definition) is 1. The van der Waals surface area contributed by atoms with E-state index in [1.54, 1.807) is 6.07 Å². The van der Waals surface area contributed by atoms with E-state index in [2.05, 4.69) is 0 Å². The Morgan fingerprint density at radius 3 is 2.67 bits per heavy atom. The monoisotopic (exact) mass is 310 g/mol. The largest absolute Gasteiger partial charge is 0.482 e. The van der Waals surface area contributed by atoms with Crippen molar-refractivity contribution >= 4 is 17.3 Å². The first-order valence-corrected chi connectivity index (χ1v) is 6.43. The quantitative estimate of drug-likeness (QED) is 0.678. The molecular formula is C14H12ClFN2O3. The van der Waals surface area contributed by atoms with Crippen molar-refractivity contribution in [1.29, 1.82) is 0 Å². The van der Waals surface area contributed by atoms with Gasteiger partial charge in [0.2, 0.25) is 0 Å². The van der Waals surface area contributed by atoms with Crippen molar-refractivity contribution in [3.63, 3.8) is 0 Å². The second-order valence-corrected chi connectivity index (χ2v) is 4.69. The molecule has 5 nitrogen and oxygen atoms in total. The molecule has 110 valence electrons. The van der Waals surface area contributed by atoms with Crippen LogP contribution in [-0.2, 0) is 13.2 Å². The lowest BCUT2D eigenvalue weighted by molar-refractivity contribution is -0.386. The summed E-state index contributed by atoms with van der Waals surface area (Å²) in [5, 5.41) is 11.2. The van der Waals surface area contributed by atoms with E-state index in [0.29, 0.717) is 11.1 Å². The number of halogens is 2. The summed E-state index contributed by atoms with van der Waals surface area (Å²) in [5.41, 5.74) is 6.45. The molecule has 2 aromatic carbocycles. The Hall–Kier alpha value is -2.18. The molecule has 0 saturated carbocycles. The normalized spacial score (nSPS) is 10.4. The average molecular weight is 311 g/mol. The van der Waals surface area contributed by atoms with Gasteiger partial charge in [-0.2, -0.15) is 0 Å². The minimum atomic E-state index is -0.541. The molecule has 7 heteroatoms. The van der Waals surface area contributed by atoms with Crippen LogP contribution in [0.1, 0.15) is 11.1 Å². The van der Waals surface area contributed by atoms with Gasteiger partial charge in [-0.1, -0.05) is 23.7 Å². The van der Waals surface area contributed by atoms with Crippen LogP contribution in [0.2, 0.25) is 5.02 Å². The Balaban J connectivity index is 2.21. The Morgan fingerprint density at radius 2 is 2.05 bits per heavy atom. The van der Waals surface area contributed by atoms with Crippen LogP contribution in [0.3, 0.4) is 0 Å². The smallest absolute Gasteiger partial charge is 0.311 e. The van der Waals surface area contributed by atoms with E-state index in [0.717, 1.165) is 6.07 Å². The summed E-state index contributed by atoms with van der Waals surface area (Å²) in [5.74, 6) is -0.348. The van der Waals surface area contributed by atoms with Crippen molar-refractivity contribution in [1.82, 2.24) is 0 Å². The van der Waals surface area contributed by atoms with E-state index in [1.807, 2.05) is 0 Å². The molecule has 0 unspecified atom stereocenters. The highest BCUT2D eigenvalue weighted by atomic mass is 35.5. The second kappa shape index (κ2) is 6.51. The summed E-state index contributed by atoms with van der Waals surface area (Å²) < 4.78 is 18.4. The van der Waals surface area contributed by atoms with E-state index < -0.39 is 10.7 Å². The van der Waals surface area contributed by atoms with Crippen molar-refractivity contribution in [3.05, 3.63) is 68.5 Å². The van der Waals surface area contributed by atoms with Crippen LogP contribution in [0.4, 0.5) is 10.1 Å². The topological polar surface area (TPSA) is 78.4 Å². The van der Waals surface area contributed by atoms with E-state index >= 15 is 0 Å². The zero-order valence-corrected chi connectivity index (χ0v) is 11.6. The Morgan fingerprint density at radius 1 is 1.29 bits per heavy atom. The van der Waals surface area contributed by atoms with Crippen molar-refractivity contribution in [3.8, 4) is 5.75 Å². The number of hydrogen-bond acceptors (Lipinski definition) is 4. The fraction of sp³-hybridized carbons (Fsp3) is 0.143. The third-order valence-electron chi connectivity index (χ3n) is 2.85. The molecule has 0 spiro atoms. The molecule has 0 aliphatic heterocycles. The van der Waals surface area contributed by atoms with Crippen LogP contribution in [0.5, 0.6) is 5.75 Å². The molecule has 0 aromatic heterocycles. The number of ether oxygens (including phenoxy) is 1. The molecule has 0 heterocycles. The molecule has 0 aliphatic carbocycles. The van der Waals surface area contributed by atoms with Gasteiger partial charge in [0, 0.05) is 18.2 Å². The molecule has 0 radical (unpaired) electrons. The third kappa shape index (κ3) is 3.68. The Labute approximate surface area is 125 Å². The maximum atomic E-state index is 12.9. The molecule has 0 bridgehead atoms. The van der Waals surface area contributed by atoms with Crippen molar-refractivity contribution in [2.75, 3.05) is 0 Å². The summed E-state index contributed by atoms with van der Waals surface area (Å²) >= 11 is 5.88. The van der Waals surface area contributed by atoms with Gasteiger partial charge in [0.05, 0.1) is 9.95 Å². The van der Waals surface area contributed by atoms with Gasteiger partial charge >= 0.3 is 5.69 Å². The van der Waals surface area contributed by atoms with Crippen LogP contribution in [0, 0.1) is 15.9 Å². The van der Waals surface area contributed by atoms with E-state index in [-0.39, 0.29) is 29.6 Å². The fourth-order valence-corrected chi connectivity index (χ4v) is 1.97. The lowest BCUT2D eigenvalue weighted by Crippen LogP contribution is -2.02. The third-order valence-corrected chi connectivity index (χ3v) is 3.21. The van der Waals surface area contributed by atoms with Gasteiger partial charge in [0.15, 0.2) is 5.75 Å². The highest BCUT2D eigenvalue weighted by Crippen LogP contribution is 2.29. The first-order chi connectivity index (χ1) is 10.0. The van der Waals surface area contributed by atoms with Crippen LogP contribution in [0.15, 0.2) is 36.4 Å². The lowest BCUT2D eigenvalue weighted by atomic mass is 10.2. The summed E-state index contributed by atoms with van der Waals surface area (Å²) in [6.45, 7) is 0.201. The minimum Gasteiger partial charge on any atom is -0.482 e. The number of rotatable bonds is 5. The zero-order chi connectivity index (χ0) is 15.4. The van der Waals surface area contributed by atoms with Gasteiger partial charge < -0.3 is 10.5 Å². The molecule has 0 atom stereocenters. The minimum absolute atomic E-state index is 0.00191. The summed E-state index contributed by atoms with van der Waals surface area (Å²) in [6, 6.07) is 8.37. The average Bonchev–Trinajstić information content (AvgIpc) is 2.46. The predicted octanol–water partition coefficient (Wildman–Crippen LogP) is 3.43. The standard InChI is InChI=1S/C14H12ClFN2O3/c15-12-6-11(16)3-2-10(12)8-21-14-4-1-9(7-17)5-13(14)18(19)20/h1-6H,7-8,17H2. The number of benzene rings is 2. The Kier molecular flexibility index (Phi) is 4.72. The highest BCUT2D eigenvalue weighted by Gasteiger charge is 2.16. The Bertz CT molecular complexity index is 679. The molecule has 0 fully saturated rings. The highest BCUT2D eigenvalue weighted by molar-refractivity contribution is 6.31. The fourth-order valence-electron chi connectivity index (χ4n) is 1.75. The first kappa shape index (κ1) is 15.2. The first-order valence-electron chi connectivity index (χ1n) is 6.05. The molecule has 2 N–H and O–H groups in total. The molecular weight excluding hydrogens is 299 g/mol. The molecule has 2 aromatic rings. The second-order valence-electron chi connectivity index (χ2n) is 4.29. The van der Waals surface area contributed by atoms with E-state index in [4.69, 9.17) is 22.1 Å². The molecule has 0 aliphatic rings. The maximum absolute atomic E-state index is 12.9. The molecule has 2 rings (SSSR count). The molecule has 21 heavy (non-hydrogen) atoms.